The molecule has 0 unspecified atom stereocenters. The maximum atomic E-state index is 5.89. The summed E-state index contributed by atoms with van der Waals surface area (Å²) in [6.07, 6.45) is 3.31. The largest absolute Gasteiger partial charge is 0.456 e. The Hall–Kier alpha value is -1.29. The van der Waals surface area contributed by atoms with Gasteiger partial charge in [-0.2, -0.15) is 0 Å². The molecule has 0 saturated heterocycles. The van der Waals surface area contributed by atoms with E-state index in [0.29, 0.717) is 28.1 Å². The normalized spacial score (nSPS) is 10.3. The van der Waals surface area contributed by atoms with Crippen molar-refractivity contribution >= 4 is 23.2 Å². The molecule has 0 aliphatic rings. The Bertz CT molecular complexity index is 532. The third-order valence-corrected chi connectivity index (χ3v) is 2.87. The lowest BCUT2D eigenvalue weighted by atomic mass is 10.3. The molecular weight excluding hydrogens is 259 g/mol. The van der Waals surface area contributed by atoms with Crippen LogP contribution >= 0.6 is 23.2 Å². The van der Waals surface area contributed by atoms with E-state index in [2.05, 4.69) is 4.98 Å². The highest BCUT2D eigenvalue weighted by atomic mass is 35.5. The fourth-order valence-corrected chi connectivity index (χ4v) is 1.60. The smallest absolute Gasteiger partial charge is 0.146 e. The molecule has 17 heavy (non-hydrogen) atoms. The minimum Gasteiger partial charge on any atom is -0.456 e. The van der Waals surface area contributed by atoms with Gasteiger partial charge in [0.05, 0.1) is 16.2 Å². The Balaban J connectivity index is 2.22. The van der Waals surface area contributed by atoms with Crippen molar-refractivity contribution in [3.63, 3.8) is 0 Å². The summed E-state index contributed by atoms with van der Waals surface area (Å²) >= 11 is 11.7. The lowest BCUT2D eigenvalue weighted by Gasteiger charge is -2.07. The average Bonchev–Trinajstić information content (AvgIpc) is 2.34. The second kappa shape index (κ2) is 5.36. The summed E-state index contributed by atoms with van der Waals surface area (Å²) in [5, 5.41) is 0.944. The highest BCUT2D eigenvalue weighted by Crippen LogP contribution is 2.29. The van der Waals surface area contributed by atoms with Crippen molar-refractivity contribution in [1.29, 1.82) is 0 Å². The first-order valence-corrected chi connectivity index (χ1v) is 5.71. The van der Waals surface area contributed by atoms with Gasteiger partial charge in [-0.25, -0.2) is 0 Å². The number of halogens is 2. The second-order valence-electron chi connectivity index (χ2n) is 3.41. The van der Waals surface area contributed by atoms with E-state index in [1.165, 1.54) is 0 Å². The van der Waals surface area contributed by atoms with Crippen LogP contribution in [0.5, 0.6) is 11.5 Å². The third kappa shape index (κ3) is 3.09. The van der Waals surface area contributed by atoms with E-state index in [4.69, 9.17) is 33.7 Å². The number of hydrogen-bond acceptors (Lipinski definition) is 3. The lowest BCUT2D eigenvalue weighted by Crippen LogP contribution is -1.97. The quantitative estimate of drug-likeness (QED) is 0.925. The van der Waals surface area contributed by atoms with Crippen molar-refractivity contribution in [2.24, 2.45) is 5.73 Å². The zero-order valence-corrected chi connectivity index (χ0v) is 10.4. The van der Waals surface area contributed by atoms with Gasteiger partial charge in [-0.3, -0.25) is 4.98 Å². The van der Waals surface area contributed by atoms with Crippen LogP contribution in [0, 0.1) is 0 Å². The van der Waals surface area contributed by atoms with Crippen LogP contribution < -0.4 is 10.5 Å². The zero-order valence-electron chi connectivity index (χ0n) is 8.86. The van der Waals surface area contributed by atoms with Crippen LogP contribution in [0.15, 0.2) is 36.7 Å². The molecule has 1 aromatic heterocycles. The van der Waals surface area contributed by atoms with E-state index in [-0.39, 0.29) is 0 Å². The molecule has 0 saturated carbocycles. The number of benzene rings is 1. The highest BCUT2D eigenvalue weighted by molar-refractivity contribution is 6.42. The van der Waals surface area contributed by atoms with Gasteiger partial charge < -0.3 is 10.5 Å². The molecule has 0 aliphatic carbocycles. The highest BCUT2D eigenvalue weighted by Gasteiger charge is 2.02. The average molecular weight is 269 g/mol. The van der Waals surface area contributed by atoms with Crippen LogP contribution in [0.25, 0.3) is 0 Å². The predicted octanol–water partition coefficient (Wildman–Crippen LogP) is 3.64. The summed E-state index contributed by atoms with van der Waals surface area (Å²) in [7, 11) is 0. The van der Waals surface area contributed by atoms with Crippen molar-refractivity contribution in [2.75, 3.05) is 0 Å². The van der Waals surface area contributed by atoms with Crippen LogP contribution in [-0.2, 0) is 6.54 Å². The molecule has 2 N–H and O–H groups in total. The summed E-state index contributed by atoms with van der Waals surface area (Å²) in [5.41, 5.74) is 6.43. The Kier molecular flexibility index (Phi) is 3.84. The van der Waals surface area contributed by atoms with Gasteiger partial charge >= 0.3 is 0 Å². The maximum absolute atomic E-state index is 5.89. The first-order valence-electron chi connectivity index (χ1n) is 4.96. The van der Waals surface area contributed by atoms with Crippen molar-refractivity contribution in [3.05, 3.63) is 52.3 Å². The summed E-state index contributed by atoms with van der Waals surface area (Å²) in [4.78, 5) is 4.03. The van der Waals surface area contributed by atoms with Crippen molar-refractivity contribution < 1.29 is 4.74 Å². The SMILES string of the molecule is NCc1cncc(Oc2ccc(Cl)c(Cl)c2)c1. The van der Waals surface area contributed by atoms with Crippen LogP contribution in [0.4, 0.5) is 0 Å². The summed E-state index contributed by atoms with van der Waals surface area (Å²) in [6, 6.07) is 6.90. The molecule has 0 aliphatic heterocycles. The summed E-state index contributed by atoms with van der Waals surface area (Å²) < 4.78 is 5.60. The fourth-order valence-electron chi connectivity index (χ4n) is 1.31. The monoisotopic (exact) mass is 268 g/mol. The second-order valence-corrected chi connectivity index (χ2v) is 4.23. The number of nitrogens with zero attached hydrogens (tertiary/aromatic N) is 1. The van der Waals surface area contributed by atoms with Gasteiger partial charge in [0.15, 0.2) is 0 Å². The topological polar surface area (TPSA) is 48.1 Å². The molecule has 1 aromatic carbocycles. The number of aromatic nitrogens is 1. The van der Waals surface area contributed by atoms with E-state index in [1.54, 1.807) is 30.6 Å². The van der Waals surface area contributed by atoms with Gasteiger partial charge in [-0.1, -0.05) is 23.2 Å². The fraction of sp³-hybridized carbons (Fsp3) is 0.0833. The molecule has 0 atom stereocenters. The van der Waals surface area contributed by atoms with Crippen molar-refractivity contribution in [3.8, 4) is 11.5 Å². The maximum Gasteiger partial charge on any atom is 0.146 e. The van der Waals surface area contributed by atoms with Crippen molar-refractivity contribution in [2.45, 2.75) is 6.54 Å². The number of nitrogens with two attached hydrogens (primary N) is 1. The van der Waals surface area contributed by atoms with Gasteiger partial charge in [-0.15, -0.1) is 0 Å². The van der Waals surface area contributed by atoms with Gasteiger partial charge in [0.25, 0.3) is 0 Å². The Morgan fingerprint density at radius 2 is 1.88 bits per heavy atom. The molecule has 88 valence electrons. The third-order valence-electron chi connectivity index (χ3n) is 2.13. The van der Waals surface area contributed by atoms with Gasteiger partial charge in [0.1, 0.15) is 11.5 Å². The van der Waals surface area contributed by atoms with Crippen LogP contribution in [0.3, 0.4) is 0 Å². The van der Waals surface area contributed by atoms with Crippen LogP contribution in [-0.4, -0.2) is 4.98 Å². The summed E-state index contributed by atoms with van der Waals surface area (Å²) in [6.45, 7) is 0.422. The van der Waals surface area contributed by atoms with E-state index in [1.807, 2.05) is 6.07 Å². The van der Waals surface area contributed by atoms with E-state index in [0.717, 1.165) is 5.56 Å². The molecule has 5 heteroatoms. The standard InChI is InChI=1S/C12H10Cl2N2O/c13-11-2-1-9(4-12(11)14)17-10-3-8(5-15)6-16-7-10/h1-4,6-7H,5,15H2. The Morgan fingerprint density at radius 3 is 2.59 bits per heavy atom. The molecule has 0 bridgehead atoms. The number of rotatable bonds is 3. The van der Waals surface area contributed by atoms with Crippen molar-refractivity contribution in [1.82, 2.24) is 4.98 Å². The minimum absolute atomic E-state index is 0.422. The van der Waals surface area contributed by atoms with Gasteiger partial charge in [0, 0.05) is 18.8 Å². The first kappa shape index (κ1) is 12.2. The molecule has 0 spiro atoms. The molecule has 0 radical (unpaired) electrons. The lowest BCUT2D eigenvalue weighted by molar-refractivity contribution is 0.479. The molecule has 0 fully saturated rings. The minimum atomic E-state index is 0.422. The van der Waals surface area contributed by atoms with Gasteiger partial charge in [-0.05, 0) is 23.8 Å². The Labute approximate surface area is 109 Å². The van der Waals surface area contributed by atoms with E-state index >= 15 is 0 Å². The van der Waals surface area contributed by atoms with E-state index < -0.39 is 0 Å². The number of pyridine rings is 1. The molecule has 1 heterocycles. The molecule has 3 nitrogen and oxygen atoms in total. The van der Waals surface area contributed by atoms with E-state index in [9.17, 15) is 0 Å². The molecule has 2 rings (SSSR count). The molecule has 2 aromatic rings. The number of hydrogen-bond donors (Lipinski definition) is 1. The number of ether oxygens (including phenoxy) is 1. The zero-order chi connectivity index (χ0) is 12.3. The van der Waals surface area contributed by atoms with Crippen LogP contribution in [0.1, 0.15) is 5.56 Å². The van der Waals surface area contributed by atoms with Crippen LogP contribution in [0.2, 0.25) is 10.0 Å². The molecular formula is C12H10Cl2N2O. The predicted molar refractivity (Wildman–Crippen MR) is 68.7 cm³/mol. The van der Waals surface area contributed by atoms with Gasteiger partial charge in [0.2, 0.25) is 0 Å². The summed E-state index contributed by atoms with van der Waals surface area (Å²) in [5.74, 6) is 1.22. The first-order chi connectivity index (χ1) is 8.19. The molecule has 0 amide bonds. The Morgan fingerprint density at radius 1 is 1.06 bits per heavy atom.